The van der Waals surface area contributed by atoms with Gasteiger partial charge in [0.2, 0.25) is 17.7 Å². The predicted octanol–water partition coefficient (Wildman–Crippen LogP) is 2.11. The highest BCUT2D eigenvalue weighted by molar-refractivity contribution is 6.02. The summed E-state index contributed by atoms with van der Waals surface area (Å²) in [5, 5.41) is 2.53. The van der Waals surface area contributed by atoms with Gasteiger partial charge in [0.15, 0.2) is 6.61 Å². The molecule has 0 atom stereocenters. The van der Waals surface area contributed by atoms with E-state index < -0.39 is 18.7 Å². The number of rotatable bonds is 6. The van der Waals surface area contributed by atoms with Crippen molar-refractivity contribution in [1.29, 1.82) is 0 Å². The number of anilines is 1. The lowest BCUT2D eigenvalue weighted by molar-refractivity contribution is -0.153. The van der Waals surface area contributed by atoms with Crippen LogP contribution in [0.2, 0.25) is 0 Å². The third-order valence-electron chi connectivity index (χ3n) is 3.26. The fraction of sp³-hybridized carbons (Fsp3) is 0.400. The number of carbonyl (C=O) groups excluding carboxylic acids is 3. The summed E-state index contributed by atoms with van der Waals surface area (Å²) in [6.07, 6.45) is -4.14. The average molecular weight is 344 g/mol. The fourth-order valence-electron chi connectivity index (χ4n) is 2.11. The summed E-state index contributed by atoms with van der Waals surface area (Å²) < 4.78 is 40.6. The van der Waals surface area contributed by atoms with Crippen molar-refractivity contribution < 1.29 is 32.3 Å². The summed E-state index contributed by atoms with van der Waals surface area (Å²) in [6, 6.07) is 5.40. The van der Waals surface area contributed by atoms with Gasteiger partial charge in [0.25, 0.3) is 0 Å². The molecule has 9 heteroatoms. The quantitative estimate of drug-likeness (QED) is 0.802. The van der Waals surface area contributed by atoms with Crippen LogP contribution in [0.4, 0.5) is 18.9 Å². The van der Waals surface area contributed by atoms with E-state index in [4.69, 9.17) is 0 Å². The first-order valence-electron chi connectivity index (χ1n) is 7.17. The number of carbonyl (C=O) groups is 3. The summed E-state index contributed by atoms with van der Waals surface area (Å²) in [5.41, 5.74) is 0.374. The monoisotopic (exact) mass is 344 g/mol. The van der Waals surface area contributed by atoms with Gasteiger partial charge in [-0.15, -0.1) is 0 Å². The van der Waals surface area contributed by atoms with Crippen molar-refractivity contribution in [2.45, 2.75) is 25.4 Å². The molecule has 1 aromatic rings. The van der Waals surface area contributed by atoms with Gasteiger partial charge >= 0.3 is 6.18 Å². The molecule has 0 bridgehead atoms. The standard InChI is InChI=1S/C15H15F3N2O4/c16-15(17,18)9-24-11-3-1-10(2-4-11)19-12(21)7-8-20-13(22)5-6-14(20)23/h1-4H,5-9H2,(H,19,21). The number of likely N-dealkylation sites (tertiary alicyclic amines) is 1. The molecular formula is C15H15F3N2O4. The second-order valence-electron chi connectivity index (χ2n) is 5.17. The summed E-state index contributed by atoms with van der Waals surface area (Å²) >= 11 is 0. The molecule has 2 rings (SSSR count). The highest BCUT2D eigenvalue weighted by atomic mass is 19.4. The topological polar surface area (TPSA) is 75.7 Å². The minimum atomic E-state index is -4.42. The number of nitrogens with one attached hydrogen (secondary N) is 1. The zero-order valence-corrected chi connectivity index (χ0v) is 12.6. The number of imide groups is 1. The van der Waals surface area contributed by atoms with Gasteiger partial charge in [-0.1, -0.05) is 0 Å². The second-order valence-corrected chi connectivity index (χ2v) is 5.17. The molecule has 1 fully saturated rings. The molecule has 1 aliphatic heterocycles. The molecule has 0 aromatic heterocycles. The molecular weight excluding hydrogens is 329 g/mol. The van der Waals surface area contributed by atoms with E-state index >= 15 is 0 Å². The minimum absolute atomic E-state index is 0.0102. The molecule has 0 unspecified atom stereocenters. The maximum Gasteiger partial charge on any atom is 0.422 e. The minimum Gasteiger partial charge on any atom is -0.484 e. The molecule has 1 heterocycles. The number of halogens is 3. The van der Waals surface area contributed by atoms with Crippen LogP contribution in [0.15, 0.2) is 24.3 Å². The zero-order chi connectivity index (χ0) is 17.7. The predicted molar refractivity (Wildman–Crippen MR) is 77.2 cm³/mol. The summed E-state index contributed by atoms with van der Waals surface area (Å²) in [7, 11) is 0. The number of hydrogen-bond donors (Lipinski definition) is 1. The average Bonchev–Trinajstić information content (AvgIpc) is 2.82. The third-order valence-corrected chi connectivity index (χ3v) is 3.26. The van der Waals surface area contributed by atoms with Crippen LogP contribution in [0.3, 0.4) is 0 Å². The van der Waals surface area contributed by atoms with Gasteiger partial charge in [0, 0.05) is 31.5 Å². The van der Waals surface area contributed by atoms with Crippen molar-refractivity contribution in [2.75, 3.05) is 18.5 Å². The SMILES string of the molecule is O=C(CCN1C(=O)CCC1=O)Nc1ccc(OCC(F)(F)F)cc1. The van der Waals surface area contributed by atoms with Crippen molar-refractivity contribution in [3.8, 4) is 5.75 Å². The molecule has 0 saturated carbocycles. The Morgan fingerprint density at radius 2 is 1.71 bits per heavy atom. The first-order chi connectivity index (χ1) is 11.2. The zero-order valence-electron chi connectivity index (χ0n) is 12.6. The summed E-state index contributed by atoms with van der Waals surface area (Å²) in [5.74, 6) is -0.969. The van der Waals surface area contributed by atoms with Crippen LogP contribution in [0.25, 0.3) is 0 Å². The highest BCUT2D eigenvalue weighted by Gasteiger charge is 2.29. The van der Waals surface area contributed by atoms with Gasteiger partial charge in [-0.3, -0.25) is 19.3 Å². The van der Waals surface area contributed by atoms with E-state index in [1.807, 2.05) is 0 Å². The molecule has 3 amide bonds. The Kier molecular flexibility index (Phi) is 5.42. The fourth-order valence-corrected chi connectivity index (χ4v) is 2.11. The second kappa shape index (κ2) is 7.33. The molecule has 0 spiro atoms. The number of amides is 3. The van der Waals surface area contributed by atoms with Crippen molar-refractivity contribution in [3.05, 3.63) is 24.3 Å². The van der Waals surface area contributed by atoms with Crippen LogP contribution in [-0.2, 0) is 14.4 Å². The van der Waals surface area contributed by atoms with E-state index in [0.29, 0.717) is 5.69 Å². The van der Waals surface area contributed by atoms with Gasteiger partial charge in [-0.25, -0.2) is 0 Å². The smallest absolute Gasteiger partial charge is 0.422 e. The van der Waals surface area contributed by atoms with Gasteiger partial charge in [0.05, 0.1) is 0 Å². The maximum absolute atomic E-state index is 12.0. The maximum atomic E-state index is 12.0. The number of nitrogens with zero attached hydrogens (tertiary/aromatic N) is 1. The first-order valence-corrected chi connectivity index (χ1v) is 7.17. The Morgan fingerprint density at radius 1 is 1.12 bits per heavy atom. The molecule has 1 N–H and O–H groups in total. The van der Waals surface area contributed by atoms with E-state index in [9.17, 15) is 27.6 Å². The van der Waals surface area contributed by atoms with Crippen molar-refractivity contribution in [1.82, 2.24) is 4.90 Å². The van der Waals surface area contributed by atoms with Crippen LogP contribution in [0.1, 0.15) is 19.3 Å². The third kappa shape index (κ3) is 5.25. The lowest BCUT2D eigenvalue weighted by Crippen LogP contribution is -2.32. The Morgan fingerprint density at radius 3 is 2.25 bits per heavy atom. The number of hydrogen-bond acceptors (Lipinski definition) is 4. The lowest BCUT2D eigenvalue weighted by Gasteiger charge is -2.13. The van der Waals surface area contributed by atoms with Crippen molar-refractivity contribution >= 4 is 23.4 Å². The Hall–Kier alpha value is -2.58. The van der Waals surface area contributed by atoms with E-state index in [1.165, 1.54) is 24.3 Å². The molecule has 6 nitrogen and oxygen atoms in total. The Balaban J connectivity index is 1.79. The van der Waals surface area contributed by atoms with Crippen LogP contribution in [0.5, 0.6) is 5.75 Å². The van der Waals surface area contributed by atoms with Crippen LogP contribution in [-0.4, -0.2) is 41.9 Å². The molecule has 1 aliphatic rings. The Bertz CT molecular complexity index is 613. The van der Waals surface area contributed by atoms with Gasteiger partial charge < -0.3 is 10.1 Å². The van der Waals surface area contributed by atoms with Crippen LogP contribution < -0.4 is 10.1 Å². The largest absolute Gasteiger partial charge is 0.484 e. The summed E-state index contributed by atoms with van der Waals surface area (Å²) in [6.45, 7) is -1.38. The van der Waals surface area contributed by atoms with E-state index in [0.717, 1.165) is 4.90 Å². The normalized spacial score (nSPS) is 14.9. The van der Waals surface area contributed by atoms with Crippen LogP contribution >= 0.6 is 0 Å². The van der Waals surface area contributed by atoms with E-state index in [1.54, 1.807) is 0 Å². The van der Waals surface area contributed by atoms with Crippen molar-refractivity contribution in [3.63, 3.8) is 0 Å². The van der Waals surface area contributed by atoms with Gasteiger partial charge in [0.1, 0.15) is 5.75 Å². The molecule has 1 saturated heterocycles. The van der Waals surface area contributed by atoms with E-state index in [-0.39, 0.29) is 43.4 Å². The van der Waals surface area contributed by atoms with Gasteiger partial charge in [-0.05, 0) is 24.3 Å². The lowest BCUT2D eigenvalue weighted by atomic mass is 10.3. The van der Waals surface area contributed by atoms with E-state index in [2.05, 4.69) is 10.1 Å². The number of alkyl halides is 3. The number of benzene rings is 1. The molecule has 0 radical (unpaired) electrons. The number of ether oxygens (including phenoxy) is 1. The Labute approximate surface area is 135 Å². The van der Waals surface area contributed by atoms with Crippen molar-refractivity contribution in [2.24, 2.45) is 0 Å². The highest BCUT2D eigenvalue weighted by Crippen LogP contribution is 2.20. The van der Waals surface area contributed by atoms with Gasteiger partial charge in [-0.2, -0.15) is 13.2 Å². The molecule has 0 aliphatic carbocycles. The molecule has 1 aromatic carbocycles. The molecule has 130 valence electrons. The first kappa shape index (κ1) is 17.8. The molecule has 24 heavy (non-hydrogen) atoms. The van der Waals surface area contributed by atoms with Crippen LogP contribution in [0, 0.1) is 0 Å². The summed E-state index contributed by atoms with van der Waals surface area (Å²) in [4.78, 5) is 35.6.